The predicted molar refractivity (Wildman–Crippen MR) is 124 cm³/mol. The van der Waals surface area contributed by atoms with Crippen LogP contribution < -0.4 is 0 Å². The zero-order chi connectivity index (χ0) is 16.9. The third-order valence-electron chi connectivity index (χ3n) is 4.31. The Morgan fingerprint density at radius 3 is 1.75 bits per heavy atom. The SMILES string of the molecule is [BH3-][N@+]12CCCSCCN(CCCSCC1)CCSCCCSCC2. The average Bonchev–Trinajstić information content (AvgIpc) is 2.58. The van der Waals surface area contributed by atoms with Crippen LogP contribution in [0.4, 0.5) is 0 Å². The lowest BCUT2D eigenvalue weighted by atomic mass is 10.1. The largest absolute Gasteiger partial charge is 0.521 e. The zero-order valence-electron chi connectivity index (χ0n) is 14.5. The van der Waals surface area contributed by atoms with Crippen LogP contribution in [0.2, 0.25) is 0 Å². The summed E-state index contributed by atoms with van der Waals surface area (Å²) in [6.45, 7) is 8.42. The molecule has 3 aliphatic rings. The number of nitrogens with zero attached hydrogens (tertiary/aromatic N) is 2. The van der Waals surface area contributed by atoms with E-state index in [1.807, 2.05) is 0 Å². The van der Waals surface area contributed by atoms with Crippen molar-refractivity contribution in [2.75, 3.05) is 85.3 Å². The molecule has 1 unspecified atom stereocenters. The number of quaternary nitrogens is 1. The maximum atomic E-state index is 2.75. The van der Waals surface area contributed by atoms with Crippen molar-refractivity contribution in [3.8, 4) is 0 Å². The summed E-state index contributed by atoms with van der Waals surface area (Å²) in [6.07, 6.45) is 4.27. The summed E-state index contributed by atoms with van der Waals surface area (Å²) in [6, 6.07) is 0. The van der Waals surface area contributed by atoms with E-state index in [2.05, 4.69) is 51.9 Å². The van der Waals surface area contributed by atoms with Crippen LogP contribution >= 0.6 is 47.0 Å². The molecule has 0 aromatic rings. The second kappa shape index (κ2) is 13.5. The highest BCUT2D eigenvalue weighted by Gasteiger charge is 2.15. The number of fused-ring (bicyclic) bond motifs is 18. The highest BCUT2D eigenvalue weighted by atomic mass is 32.2. The van der Waals surface area contributed by atoms with Gasteiger partial charge in [0.25, 0.3) is 0 Å². The Balaban J connectivity index is 1.94. The van der Waals surface area contributed by atoms with E-state index in [1.54, 1.807) is 4.39 Å². The highest BCUT2D eigenvalue weighted by molar-refractivity contribution is 8.00. The van der Waals surface area contributed by atoms with Crippen LogP contribution in [0.15, 0.2) is 0 Å². The van der Waals surface area contributed by atoms with Gasteiger partial charge in [-0.15, -0.1) is 0 Å². The van der Waals surface area contributed by atoms with E-state index in [4.69, 9.17) is 0 Å². The van der Waals surface area contributed by atoms with Gasteiger partial charge in [0.1, 0.15) is 0 Å². The van der Waals surface area contributed by atoms with Crippen molar-refractivity contribution in [3.05, 3.63) is 0 Å². The average molecular weight is 409 g/mol. The molecule has 3 fully saturated rings. The summed E-state index contributed by atoms with van der Waals surface area (Å²) in [5, 5.41) is 0. The highest BCUT2D eigenvalue weighted by Crippen LogP contribution is 2.16. The van der Waals surface area contributed by atoms with Gasteiger partial charge in [-0.3, -0.25) is 0 Å². The van der Waals surface area contributed by atoms with Gasteiger partial charge in [-0.25, -0.2) is 0 Å². The molecule has 0 aliphatic carbocycles. The molecule has 7 heteroatoms. The molecule has 0 aromatic carbocycles. The molecule has 142 valence electrons. The Morgan fingerprint density at radius 1 is 0.542 bits per heavy atom. The molecule has 0 aromatic heterocycles. The summed E-state index contributed by atoms with van der Waals surface area (Å²) in [7, 11) is 0.390. The van der Waals surface area contributed by atoms with Crippen molar-refractivity contribution in [1.82, 2.24) is 4.90 Å². The quantitative estimate of drug-likeness (QED) is 0.565. The molecule has 2 atom stereocenters. The monoisotopic (exact) mass is 408 g/mol. The molecule has 0 radical (unpaired) electrons. The standard InChI is InChI=1S/C17H37BN2S4/c18-20-7-2-11-21-14-5-19(4-1-10-23-16-8-20)6-15-22-12-3-13-24-17-9-20/h1-17H2,18H3/t20-/m1/s1. The minimum atomic E-state index is 0.390. The van der Waals surface area contributed by atoms with Gasteiger partial charge in [0.15, 0.2) is 7.98 Å². The number of hydrogen-bond donors (Lipinski definition) is 0. The van der Waals surface area contributed by atoms with Crippen LogP contribution in [0.1, 0.15) is 19.3 Å². The lowest BCUT2D eigenvalue weighted by Crippen LogP contribution is -2.49. The topological polar surface area (TPSA) is 3.24 Å². The van der Waals surface area contributed by atoms with E-state index in [1.165, 1.54) is 105 Å². The van der Waals surface area contributed by atoms with Crippen molar-refractivity contribution in [1.29, 1.82) is 0 Å². The Kier molecular flexibility index (Phi) is 12.2. The number of rotatable bonds is 0. The third kappa shape index (κ3) is 9.91. The molecule has 0 spiro atoms. The van der Waals surface area contributed by atoms with Gasteiger partial charge >= 0.3 is 0 Å². The van der Waals surface area contributed by atoms with Crippen molar-refractivity contribution < 1.29 is 4.39 Å². The zero-order valence-corrected chi connectivity index (χ0v) is 17.8. The van der Waals surface area contributed by atoms with Gasteiger partial charge in [-0.05, 0) is 42.4 Å². The smallest absolute Gasteiger partial charge is 0.169 e. The second-order valence-corrected chi connectivity index (χ2v) is 11.1. The molecule has 3 saturated heterocycles. The number of thioether (sulfide) groups is 4. The van der Waals surface area contributed by atoms with E-state index in [0.717, 1.165) is 0 Å². The number of hydrogen-bond acceptors (Lipinski definition) is 5. The molecule has 3 rings (SSSR count). The second-order valence-electron chi connectivity index (χ2n) is 6.19. The van der Waals surface area contributed by atoms with Crippen molar-refractivity contribution in [2.45, 2.75) is 19.3 Å². The lowest BCUT2D eigenvalue weighted by Gasteiger charge is -2.44. The minimum absolute atomic E-state index is 0.390. The summed E-state index contributed by atoms with van der Waals surface area (Å²) in [5.74, 6) is 11.1. The minimum Gasteiger partial charge on any atom is -0.521 e. The molecule has 3 heterocycles. The molecule has 0 amide bonds. The summed E-state index contributed by atoms with van der Waals surface area (Å²) in [5.41, 5.74) is 0. The van der Waals surface area contributed by atoms with Crippen molar-refractivity contribution >= 4 is 55.0 Å². The summed E-state index contributed by atoms with van der Waals surface area (Å²) < 4.78 is 1.56. The van der Waals surface area contributed by atoms with E-state index in [-0.39, 0.29) is 0 Å². The molecular weight excluding hydrogens is 371 g/mol. The molecular formula is C17H37BN2S4. The molecule has 0 N–H and O–H groups in total. The third-order valence-corrected chi connectivity index (χ3v) is 8.51. The molecule has 24 heavy (non-hydrogen) atoms. The van der Waals surface area contributed by atoms with Crippen LogP contribution in [0, 0.1) is 0 Å². The maximum Gasteiger partial charge on any atom is 0.169 e. The van der Waals surface area contributed by atoms with Crippen LogP contribution in [0.25, 0.3) is 0 Å². The maximum absolute atomic E-state index is 2.75. The van der Waals surface area contributed by atoms with Gasteiger partial charge in [-0.2, -0.15) is 47.0 Å². The van der Waals surface area contributed by atoms with Crippen LogP contribution in [-0.4, -0.2) is 103 Å². The first-order valence-electron chi connectivity index (χ1n) is 9.21. The van der Waals surface area contributed by atoms with E-state index >= 15 is 0 Å². The Bertz CT molecular complexity index is 301. The molecule has 2 bridgehead atoms. The van der Waals surface area contributed by atoms with E-state index in [0.29, 0.717) is 7.98 Å². The Morgan fingerprint density at radius 2 is 1.08 bits per heavy atom. The van der Waals surface area contributed by atoms with Gasteiger partial charge in [0.2, 0.25) is 0 Å². The van der Waals surface area contributed by atoms with Crippen LogP contribution in [-0.2, 0) is 0 Å². The normalized spacial score (nSPS) is 33.6. The van der Waals surface area contributed by atoms with Crippen LogP contribution in [0.3, 0.4) is 0 Å². The first-order valence-corrected chi connectivity index (χ1v) is 13.8. The lowest BCUT2D eigenvalue weighted by molar-refractivity contribution is -0.811. The summed E-state index contributed by atoms with van der Waals surface area (Å²) in [4.78, 5) is 2.75. The summed E-state index contributed by atoms with van der Waals surface area (Å²) >= 11 is 8.88. The van der Waals surface area contributed by atoms with Crippen molar-refractivity contribution in [2.24, 2.45) is 0 Å². The van der Waals surface area contributed by atoms with Crippen molar-refractivity contribution in [3.63, 3.8) is 0 Å². The molecule has 0 saturated carbocycles. The van der Waals surface area contributed by atoms with Crippen LogP contribution in [0.5, 0.6) is 0 Å². The fourth-order valence-corrected chi connectivity index (χ4v) is 6.81. The van der Waals surface area contributed by atoms with Gasteiger partial charge < -0.3 is 9.29 Å². The first kappa shape index (κ1) is 21.7. The van der Waals surface area contributed by atoms with Gasteiger partial charge in [0.05, 0.1) is 0 Å². The fraction of sp³-hybridized carbons (Fsp3) is 1.00. The molecule has 2 nitrogen and oxygen atoms in total. The van der Waals surface area contributed by atoms with E-state index < -0.39 is 0 Å². The predicted octanol–water partition coefficient (Wildman–Crippen LogP) is 2.52. The first-order chi connectivity index (χ1) is 11.8. The Labute approximate surface area is 168 Å². The Hall–Kier alpha value is 1.38. The van der Waals surface area contributed by atoms with E-state index in [9.17, 15) is 0 Å². The fourth-order valence-electron chi connectivity index (χ4n) is 2.90. The van der Waals surface area contributed by atoms with Gasteiger partial charge in [0, 0.05) is 62.2 Å². The molecule has 3 aliphatic heterocycles. The van der Waals surface area contributed by atoms with Gasteiger partial charge in [-0.1, -0.05) is 0 Å².